The van der Waals surface area contributed by atoms with Crippen LogP contribution in [0.1, 0.15) is 17.2 Å². The first-order valence-electron chi connectivity index (χ1n) is 8.66. The third kappa shape index (κ3) is 4.73. The zero-order valence-corrected chi connectivity index (χ0v) is 16.6. The lowest BCUT2D eigenvalue weighted by Crippen LogP contribution is -2.15. The summed E-state index contributed by atoms with van der Waals surface area (Å²) < 4.78 is 41.7. The van der Waals surface area contributed by atoms with Crippen molar-refractivity contribution in [2.45, 2.75) is 10.9 Å². The fourth-order valence-corrected chi connectivity index (χ4v) is 3.46. The number of nitrogens with one attached hydrogen (secondary N) is 1. The predicted octanol–water partition coefficient (Wildman–Crippen LogP) is 3.59. The maximum Gasteiger partial charge on any atom is 0.293 e. The van der Waals surface area contributed by atoms with Gasteiger partial charge in [0, 0.05) is 6.07 Å². The summed E-state index contributed by atoms with van der Waals surface area (Å²) in [6.07, 6.45) is 0. The lowest BCUT2D eigenvalue weighted by atomic mass is 9.98. The maximum absolute atomic E-state index is 13.4. The number of sulfonamides is 1. The van der Waals surface area contributed by atoms with Crippen LogP contribution >= 0.6 is 0 Å². The topological polar surface area (TPSA) is 125 Å². The lowest BCUT2D eigenvalue weighted by Gasteiger charge is -2.21. The van der Waals surface area contributed by atoms with E-state index >= 15 is 0 Å². The van der Waals surface area contributed by atoms with Crippen molar-refractivity contribution < 1.29 is 22.5 Å². The number of nitrogens with zero attached hydrogens (tertiary/aromatic N) is 1. The number of anilines is 1. The highest BCUT2D eigenvalue weighted by atomic mass is 32.2. The molecule has 0 saturated carbocycles. The molecule has 0 aliphatic heterocycles. The van der Waals surface area contributed by atoms with Gasteiger partial charge in [0.05, 0.1) is 23.0 Å². The Balaban J connectivity index is 2.08. The summed E-state index contributed by atoms with van der Waals surface area (Å²) in [4.78, 5) is 10.5. The Morgan fingerprint density at radius 2 is 1.60 bits per heavy atom. The van der Waals surface area contributed by atoms with Crippen LogP contribution in [0.2, 0.25) is 0 Å². The number of nitro benzene ring substituents is 1. The van der Waals surface area contributed by atoms with Gasteiger partial charge in [-0.1, -0.05) is 24.3 Å². The van der Waals surface area contributed by atoms with E-state index in [0.29, 0.717) is 11.3 Å². The van der Waals surface area contributed by atoms with E-state index in [2.05, 4.69) is 5.32 Å². The minimum atomic E-state index is -4.11. The zero-order valence-electron chi connectivity index (χ0n) is 15.8. The van der Waals surface area contributed by atoms with E-state index < -0.39 is 32.5 Å². The number of benzene rings is 3. The highest BCUT2D eigenvalue weighted by Crippen LogP contribution is 2.34. The first kappa shape index (κ1) is 21.2. The van der Waals surface area contributed by atoms with Crippen LogP contribution in [0.5, 0.6) is 5.75 Å². The third-order valence-electron chi connectivity index (χ3n) is 4.45. The fraction of sp³-hybridized carbons (Fsp3) is 0.100. The first-order valence-corrected chi connectivity index (χ1v) is 10.2. The molecule has 1 unspecified atom stereocenters. The van der Waals surface area contributed by atoms with Crippen LogP contribution in [-0.2, 0) is 10.0 Å². The largest absolute Gasteiger partial charge is 0.497 e. The fourth-order valence-electron chi connectivity index (χ4n) is 2.93. The van der Waals surface area contributed by atoms with Crippen LogP contribution in [0.4, 0.5) is 15.8 Å². The summed E-state index contributed by atoms with van der Waals surface area (Å²) in [6.45, 7) is 0. The van der Waals surface area contributed by atoms with Gasteiger partial charge in [0.15, 0.2) is 0 Å². The van der Waals surface area contributed by atoms with Crippen molar-refractivity contribution in [2.24, 2.45) is 5.14 Å². The number of primary sulfonamides is 1. The lowest BCUT2D eigenvalue weighted by molar-refractivity contribution is -0.384. The second-order valence-electron chi connectivity index (χ2n) is 6.38. The smallest absolute Gasteiger partial charge is 0.293 e. The number of nitro groups is 1. The van der Waals surface area contributed by atoms with Crippen LogP contribution < -0.4 is 15.2 Å². The molecule has 10 heteroatoms. The normalized spacial score (nSPS) is 12.2. The molecule has 0 aliphatic carbocycles. The van der Waals surface area contributed by atoms with Crippen molar-refractivity contribution in [3.8, 4) is 5.75 Å². The molecule has 1 atom stereocenters. The van der Waals surface area contributed by atoms with Crippen LogP contribution in [0.25, 0.3) is 0 Å². The summed E-state index contributed by atoms with van der Waals surface area (Å²) in [5.41, 5.74) is 0.998. The standard InChI is InChI=1S/C20H18FN3O5S/c1-29-16-8-4-14(5-9-16)20(13-2-6-15(21)7-3-13)23-18-11-10-17(30(22,27)28)12-19(18)24(25)26/h2-12,20,23H,1H3,(H2,22,27,28). The number of hydrogen-bond acceptors (Lipinski definition) is 6. The van der Waals surface area contributed by atoms with E-state index in [1.807, 2.05) is 0 Å². The number of hydrogen-bond donors (Lipinski definition) is 2. The van der Waals surface area contributed by atoms with E-state index in [9.17, 15) is 22.9 Å². The van der Waals surface area contributed by atoms with Gasteiger partial charge in [0.25, 0.3) is 5.69 Å². The van der Waals surface area contributed by atoms with Gasteiger partial charge >= 0.3 is 0 Å². The highest BCUT2D eigenvalue weighted by molar-refractivity contribution is 7.89. The number of rotatable bonds is 7. The molecule has 3 aromatic carbocycles. The van der Waals surface area contributed by atoms with Crippen molar-refractivity contribution >= 4 is 21.4 Å². The van der Waals surface area contributed by atoms with Crippen molar-refractivity contribution in [3.05, 3.63) is 93.8 Å². The molecule has 0 saturated heterocycles. The Bertz CT molecular complexity index is 1170. The van der Waals surface area contributed by atoms with Crippen LogP contribution in [0.15, 0.2) is 71.6 Å². The quantitative estimate of drug-likeness (QED) is 0.435. The van der Waals surface area contributed by atoms with E-state index in [-0.39, 0.29) is 10.6 Å². The summed E-state index contributed by atoms with van der Waals surface area (Å²) in [5, 5.41) is 19.7. The SMILES string of the molecule is COc1ccc(C(Nc2ccc(S(N)(=O)=O)cc2[N+](=O)[O-])c2ccc(F)cc2)cc1. The second-order valence-corrected chi connectivity index (χ2v) is 7.94. The van der Waals surface area contributed by atoms with Crippen molar-refractivity contribution in [3.63, 3.8) is 0 Å². The van der Waals surface area contributed by atoms with Crippen molar-refractivity contribution in [1.29, 1.82) is 0 Å². The Morgan fingerprint density at radius 1 is 1.03 bits per heavy atom. The number of halogens is 1. The zero-order chi connectivity index (χ0) is 21.9. The molecule has 0 amide bonds. The van der Waals surface area contributed by atoms with Gasteiger partial charge in [-0.2, -0.15) is 0 Å². The van der Waals surface area contributed by atoms with E-state index in [4.69, 9.17) is 9.88 Å². The molecule has 0 heterocycles. The predicted molar refractivity (Wildman–Crippen MR) is 109 cm³/mol. The van der Waals surface area contributed by atoms with Gasteiger partial charge in [0.1, 0.15) is 17.3 Å². The Kier molecular flexibility index (Phi) is 5.99. The molecule has 156 valence electrons. The van der Waals surface area contributed by atoms with Crippen LogP contribution in [-0.4, -0.2) is 20.5 Å². The van der Waals surface area contributed by atoms with Crippen molar-refractivity contribution in [1.82, 2.24) is 0 Å². The Hall–Kier alpha value is -3.50. The summed E-state index contributed by atoms with van der Waals surface area (Å²) in [5.74, 6) is 0.204. The molecule has 0 aliphatic rings. The van der Waals surface area contributed by atoms with Gasteiger partial charge in [-0.3, -0.25) is 10.1 Å². The molecular formula is C20H18FN3O5S. The van der Waals surface area contributed by atoms with Gasteiger partial charge in [-0.25, -0.2) is 17.9 Å². The average molecular weight is 431 g/mol. The van der Waals surface area contributed by atoms with Crippen LogP contribution in [0, 0.1) is 15.9 Å². The second kappa shape index (κ2) is 8.47. The number of nitrogens with two attached hydrogens (primary N) is 1. The molecule has 3 aromatic rings. The van der Waals surface area contributed by atoms with E-state index in [1.54, 1.807) is 36.4 Å². The molecule has 0 radical (unpaired) electrons. The molecule has 30 heavy (non-hydrogen) atoms. The number of methoxy groups -OCH3 is 1. The van der Waals surface area contributed by atoms with Crippen molar-refractivity contribution in [2.75, 3.05) is 12.4 Å². The molecule has 0 bridgehead atoms. The minimum absolute atomic E-state index is 0.0811. The van der Waals surface area contributed by atoms with E-state index in [0.717, 1.165) is 11.6 Å². The van der Waals surface area contributed by atoms with Gasteiger partial charge in [0.2, 0.25) is 10.0 Å². The Labute approximate surface area is 172 Å². The monoisotopic (exact) mass is 431 g/mol. The summed E-state index contributed by atoms with van der Waals surface area (Å²) in [6, 6.07) is 15.4. The molecule has 0 spiro atoms. The summed E-state index contributed by atoms with van der Waals surface area (Å²) in [7, 11) is -2.58. The van der Waals surface area contributed by atoms with Gasteiger partial charge < -0.3 is 10.1 Å². The first-order chi connectivity index (χ1) is 14.2. The highest BCUT2D eigenvalue weighted by Gasteiger charge is 2.23. The Morgan fingerprint density at radius 3 is 2.10 bits per heavy atom. The minimum Gasteiger partial charge on any atom is -0.497 e. The molecular weight excluding hydrogens is 413 g/mol. The molecule has 8 nitrogen and oxygen atoms in total. The summed E-state index contributed by atoms with van der Waals surface area (Å²) >= 11 is 0. The molecule has 3 rings (SSSR count). The van der Waals surface area contributed by atoms with Gasteiger partial charge in [-0.05, 0) is 47.5 Å². The van der Waals surface area contributed by atoms with Crippen LogP contribution in [0.3, 0.4) is 0 Å². The van der Waals surface area contributed by atoms with Gasteiger partial charge in [-0.15, -0.1) is 0 Å². The molecule has 0 fully saturated rings. The average Bonchev–Trinajstić information content (AvgIpc) is 2.72. The number of ether oxygens (including phenoxy) is 1. The van der Waals surface area contributed by atoms with E-state index in [1.165, 1.54) is 31.4 Å². The molecule has 0 aromatic heterocycles. The third-order valence-corrected chi connectivity index (χ3v) is 5.36. The molecule has 3 N–H and O–H groups in total. The maximum atomic E-state index is 13.4.